The van der Waals surface area contributed by atoms with E-state index in [1.807, 2.05) is 6.08 Å². The zero-order valence-electron chi connectivity index (χ0n) is 12.1. The second-order valence-corrected chi connectivity index (χ2v) is 6.34. The van der Waals surface area contributed by atoms with Gasteiger partial charge >= 0.3 is 0 Å². The van der Waals surface area contributed by atoms with Crippen LogP contribution in [0.4, 0.5) is 5.69 Å². The first-order chi connectivity index (χ1) is 9.53. The van der Waals surface area contributed by atoms with Crippen molar-refractivity contribution in [3.8, 4) is 0 Å². The first-order valence-electron chi connectivity index (χ1n) is 7.07. The largest absolute Gasteiger partial charge is 0.362 e. The second-order valence-electron chi connectivity index (χ2n) is 5.95. The zero-order chi connectivity index (χ0) is 14.4. The van der Waals surface area contributed by atoms with E-state index in [9.17, 15) is 0 Å². The molecule has 0 aromatic heterocycles. The molecule has 3 nitrogen and oxygen atoms in total. The summed E-state index contributed by atoms with van der Waals surface area (Å²) in [7, 11) is 0. The molecular formula is C16H21N3S. The highest BCUT2D eigenvalue weighted by Gasteiger charge is 2.59. The zero-order valence-corrected chi connectivity index (χ0v) is 12.9. The van der Waals surface area contributed by atoms with Gasteiger partial charge in [-0.15, -0.1) is 6.58 Å². The van der Waals surface area contributed by atoms with E-state index >= 15 is 0 Å². The van der Waals surface area contributed by atoms with Crippen LogP contribution in [0.5, 0.6) is 0 Å². The Labute approximate surface area is 126 Å². The fourth-order valence-corrected chi connectivity index (χ4v) is 3.95. The number of para-hydroxylation sites is 1. The molecular weight excluding hydrogens is 266 g/mol. The molecule has 0 radical (unpaired) electrons. The lowest BCUT2D eigenvalue weighted by Gasteiger charge is -2.42. The van der Waals surface area contributed by atoms with Crippen LogP contribution in [0, 0.1) is 0 Å². The number of fused-ring (bicyclic) bond motifs is 3. The number of rotatable bonds is 2. The molecule has 2 aliphatic heterocycles. The molecule has 0 aliphatic carbocycles. The molecule has 3 rings (SSSR count). The van der Waals surface area contributed by atoms with E-state index in [2.05, 4.69) is 60.2 Å². The highest BCUT2D eigenvalue weighted by molar-refractivity contribution is 7.80. The molecule has 0 amide bonds. The van der Waals surface area contributed by atoms with E-state index < -0.39 is 0 Å². The van der Waals surface area contributed by atoms with Crippen molar-refractivity contribution in [3.05, 3.63) is 42.5 Å². The van der Waals surface area contributed by atoms with Gasteiger partial charge in [0.15, 0.2) is 5.11 Å². The Morgan fingerprint density at radius 3 is 3.00 bits per heavy atom. The van der Waals surface area contributed by atoms with Crippen molar-refractivity contribution in [1.29, 1.82) is 0 Å². The van der Waals surface area contributed by atoms with Crippen molar-refractivity contribution >= 4 is 23.0 Å². The molecule has 2 heterocycles. The third-order valence-corrected chi connectivity index (χ3v) is 5.36. The number of hydrogen-bond donors (Lipinski definition) is 2. The quantitative estimate of drug-likeness (QED) is 0.646. The normalized spacial score (nSPS) is 30.4. The smallest absolute Gasteiger partial charge is 0.171 e. The molecule has 0 spiro atoms. The van der Waals surface area contributed by atoms with Crippen LogP contribution in [-0.4, -0.2) is 28.8 Å². The molecule has 1 aromatic rings. The molecule has 4 heteroatoms. The first-order valence-corrected chi connectivity index (χ1v) is 7.48. The minimum Gasteiger partial charge on any atom is -0.362 e. The lowest BCUT2D eigenvalue weighted by atomic mass is 9.75. The third-order valence-electron chi connectivity index (χ3n) is 4.99. The molecule has 0 bridgehead atoms. The van der Waals surface area contributed by atoms with E-state index in [1.165, 1.54) is 11.3 Å². The molecule has 20 heavy (non-hydrogen) atoms. The van der Waals surface area contributed by atoms with Gasteiger partial charge < -0.3 is 15.5 Å². The molecule has 2 aliphatic rings. The lowest BCUT2D eigenvalue weighted by Crippen LogP contribution is -2.58. The Kier molecular flexibility index (Phi) is 3.01. The third kappa shape index (κ3) is 1.61. The van der Waals surface area contributed by atoms with Crippen LogP contribution in [0.15, 0.2) is 36.9 Å². The number of nitrogens with zero attached hydrogens (tertiary/aromatic N) is 1. The second kappa shape index (κ2) is 4.48. The van der Waals surface area contributed by atoms with E-state index in [4.69, 9.17) is 12.2 Å². The van der Waals surface area contributed by atoms with Gasteiger partial charge in [0.2, 0.25) is 0 Å². The van der Waals surface area contributed by atoms with Crippen LogP contribution in [0.2, 0.25) is 0 Å². The van der Waals surface area contributed by atoms with Gasteiger partial charge in [-0.3, -0.25) is 0 Å². The van der Waals surface area contributed by atoms with Gasteiger partial charge in [-0.2, -0.15) is 0 Å². The summed E-state index contributed by atoms with van der Waals surface area (Å²) in [4.78, 5) is 2.28. The molecule has 1 saturated heterocycles. The van der Waals surface area contributed by atoms with Gasteiger partial charge in [0, 0.05) is 24.2 Å². The summed E-state index contributed by atoms with van der Waals surface area (Å²) in [6.45, 7) is 9.99. The number of thiocarbonyl (C=S) groups is 1. The average molecular weight is 287 g/mol. The highest BCUT2D eigenvalue weighted by atomic mass is 32.1. The molecule has 106 valence electrons. The standard InChI is InChI=1S/C16H21N3S/c1-4-10-17-14(20)19-11-9-15(2)12-7-5-6-8-13(12)18-16(15,19)3/h4-8,18H,1,9-11H2,2-3H3,(H,17,20)/t15-,16-/m0/s1. The van der Waals surface area contributed by atoms with Crippen molar-refractivity contribution < 1.29 is 0 Å². The van der Waals surface area contributed by atoms with E-state index in [-0.39, 0.29) is 11.1 Å². The highest BCUT2D eigenvalue weighted by Crippen LogP contribution is 2.54. The Balaban J connectivity index is 1.95. The van der Waals surface area contributed by atoms with Crippen molar-refractivity contribution in [2.75, 3.05) is 18.4 Å². The van der Waals surface area contributed by atoms with Gasteiger partial charge in [0.05, 0.1) is 0 Å². The molecule has 0 saturated carbocycles. The first kappa shape index (κ1) is 13.4. The van der Waals surface area contributed by atoms with Crippen LogP contribution in [0.25, 0.3) is 0 Å². The van der Waals surface area contributed by atoms with Crippen molar-refractivity contribution in [3.63, 3.8) is 0 Å². The summed E-state index contributed by atoms with van der Waals surface area (Å²) in [6, 6.07) is 8.59. The molecule has 1 aromatic carbocycles. The molecule has 2 N–H and O–H groups in total. The lowest BCUT2D eigenvalue weighted by molar-refractivity contribution is 0.224. The van der Waals surface area contributed by atoms with Crippen molar-refractivity contribution in [2.45, 2.75) is 31.3 Å². The summed E-state index contributed by atoms with van der Waals surface area (Å²) in [6.07, 6.45) is 2.93. The number of likely N-dealkylation sites (tertiary alicyclic amines) is 1. The minimum absolute atomic E-state index is 0.0868. The molecule has 2 atom stereocenters. The fraction of sp³-hybridized carbons (Fsp3) is 0.438. The van der Waals surface area contributed by atoms with Crippen molar-refractivity contribution in [2.24, 2.45) is 0 Å². The fourth-order valence-electron chi connectivity index (χ4n) is 3.60. The van der Waals surface area contributed by atoms with Crippen LogP contribution in [0.3, 0.4) is 0 Å². The summed E-state index contributed by atoms with van der Waals surface area (Å²) >= 11 is 5.56. The predicted molar refractivity (Wildman–Crippen MR) is 87.9 cm³/mol. The van der Waals surface area contributed by atoms with Crippen LogP contribution < -0.4 is 10.6 Å². The van der Waals surface area contributed by atoms with E-state index in [0.29, 0.717) is 6.54 Å². The number of nitrogens with one attached hydrogen (secondary N) is 2. The average Bonchev–Trinajstić information content (AvgIpc) is 2.81. The Morgan fingerprint density at radius 1 is 1.50 bits per heavy atom. The van der Waals surface area contributed by atoms with Crippen molar-refractivity contribution in [1.82, 2.24) is 10.2 Å². The Morgan fingerprint density at radius 2 is 2.25 bits per heavy atom. The van der Waals surface area contributed by atoms with E-state index in [0.717, 1.165) is 18.1 Å². The topological polar surface area (TPSA) is 27.3 Å². The van der Waals surface area contributed by atoms with E-state index in [1.54, 1.807) is 0 Å². The van der Waals surface area contributed by atoms with Gasteiger partial charge in [-0.05, 0) is 37.2 Å². The Bertz CT molecular complexity index is 571. The van der Waals surface area contributed by atoms with Gasteiger partial charge in [-0.25, -0.2) is 0 Å². The van der Waals surface area contributed by atoms with Crippen LogP contribution >= 0.6 is 12.2 Å². The molecule has 0 unspecified atom stereocenters. The van der Waals surface area contributed by atoms with Crippen LogP contribution in [0.1, 0.15) is 25.8 Å². The number of anilines is 1. The van der Waals surface area contributed by atoms with Gasteiger partial charge in [0.1, 0.15) is 5.66 Å². The SMILES string of the molecule is C=CCNC(=S)N1CC[C@@]2(C)c3ccccc3N[C@@]12C. The van der Waals surface area contributed by atoms with Gasteiger partial charge in [-0.1, -0.05) is 31.2 Å². The predicted octanol–water partition coefficient (Wildman–Crippen LogP) is 2.85. The van der Waals surface area contributed by atoms with Crippen LogP contribution in [-0.2, 0) is 5.41 Å². The number of hydrogen-bond acceptors (Lipinski definition) is 2. The summed E-state index contributed by atoms with van der Waals surface area (Å²) in [5.74, 6) is 0. The maximum Gasteiger partial charge on any atom is 0.171 e. The summed E-state index contributed by atoms with van der Waals surface area (Å²) in [5.41, 5.74) is 2.55. The summed E-state index contributed by atoms with van der Waals surface area (Å²) in [5, 5.41) is 7.75. The maximum absolute atomic E-state index is 5.56. The summed E-state index contributed by atoms with van der Waals surface area (Å²) < 4.78 is 0. The Hall–Kier alpha value is -1.55. The monoisotopic (exact) mass is 287 g/mol. The maximum atomic E-state index is 5.56. The molecule has 1 fully saturated rings. The minimum atomic E-state index is -0.165. The van der Waals surface area contributed by atoms with Gasteiger partial charge in [0.25, 0.3) is 0 Å². The number of benzene rings is 1.